The van der Waals surface area contributed by atoms with Crippen LogP contribution in [-0.4, -0.2) is 37.3 Å². The molecule has 0 bridgehead atoms. The number of rotatable bonds is 2. The van der Waals surface area contributed by atoms with Crippen molar-refractivity contribution in [2.24, 2.45) is 0 Å². The minimum Gasteiger partial charge on any atom is -0.465 e. The lowest BCUT2D eigenvalue weighted by atomic mass is 10.1. The lowest BCUT2D eigenvalue weighted by Gasteiger charge is -2.12. The van der Waals surface area contributed by atoms with Crippen molar-refractivity contribution < 1.29 is 14.3 Å². The SMILES string of the molecule is COC(=O)c1cc(C)c(SC(=O)N(C)C)cc1Cl. The summed E-state index contributed by atoms with van der Waals surface area (Å²) in [6.07, 6.45) is 0. The molecule has 1 amide bonds. The average molecular weight is 288 g/mol. The minimum absolute atomic E-state index is 0.0972. The van der Waals surface area contributed by atoms with Crippen molar-refractivity contribution in [3.05, 3.63) is 28.3 Å². The summed E-state index contributed by atoms with van der Waals surface area (Å²) in [6.45, 7) is 1.81. The van der Waals surface area contributed by atoms with Crippen LogP contribution in [0.15, 0.2) is 17.0 Å². The Morgan fingerprint density at radius 3 is 2.44 bits per heavy atom. The molecule has 1 aromatic carbocycles. The Kier molecular flexibility index (Phi) is 5.04. The molecule has 0 aliphatic rings. The number of halogens is 1. The quantitative estimate of drug-likeness (QED) is 0.619. The lowest BCUT2D eigenvalue weighted by molar-refractivity contribution is 0.0600. The maximum Gasteiger partial charge on any atom is 0.339 e. The Balaban J connectivity index is 3.07. The summed E-state index contributed by atoms with van der Waals surface area (Å²) in [5.74, 6) is -0.487. The summed E-state index contributed by atoms with van der Waals surface area (Å²) in [6, 6.07) is 3.23. The van der Waals surface area contributed by atoms with Gasteiger partial charge in [-0.2, -0.15) is 0 Å². The zero-order valence-corrected chi connectivity index (χ0v) is 12.2. The molecule has 0 unspecified atom stereocenters. The van der Waals surface area contributed by atoms with Crippen LogP contribution in [0.1, 0.15) is 15.9 Å². The standard InChI is InChI=1S/C12H14ClNO3S/c1-7-5-8(11(15)17-4)9(13)6-10(7)18-12(16)14(2)3/h5-6H,1-4H3. The van der Waals surface area contributed by atoms with Crippen LogP contribution in [0.25, 0.3) is 0 Å². The molecule has 0 spiro atoms. The van der Waals surface area contributed by atoms with Gasteiger partial charge in [0.15, 0.2) is 0 Å². The fraction of sp³-hybridized carbons (Fsp3) is 0.333. The van der Waals surface area contributed by atoms with E-state index in [0.717, 1.165) is 22.2 Å². The molecule has 1 aromatic rings. The van der Waals surface area contributed by atoms with Crippen molar-refractivity contribution in [2.75, 3.05) is 21.2 Å². The first kappa shape index (κ1) is 14.9. The molecule has 1 rings (SSSR count). The first-order valence-electron chi connectivity index (χ1n) is 5.14. The van der Waals surface area contributed by atoms with Gasteiger partial charge in [0.25, 0.3) is 5.24 Å². The summed E-state index contributed by atoms with van der Waals surface area (Å²) in [5.41, 5.74) is 1.11. The van der Waals surface area contributed by atoms with Gasteiger partial charge in [0.05, 0.1) is 17.7 Å². The van der Waals surface area contributed by atoms with Crippen molar-refractivity contribution in [2.45, 2.75) is 11.8 Å². The molecular weight excluding hydrogens is 274 g/mol. The maximum atomic E-state index is 11.6. The zero-order valence-electron chi connectivity index (χ0n) is 10.6. The first-order valence-corrected chi connectivity index (χ1v) is 6.34. The highest BCUT2D eigenvalue weighted by atomic mass is 35.5. The van der Waals surface area contributed by atoms with Crippen LogP contribution >= 0.6 is 23.4 Å². The molecule has 0 saturated carbocycles. The molecule has 0 aliphatic heterocycles. The number of carbonyl (C=O) groups is 2. The van der Waals surface area contributed by atoms with E-state index >= 15 is 0 Å². The number of benzene rings is 1. The van der Waals surface area contributed by atoms with Gasteiger partial charge in [0, 0.05) is 19.0 Å². The van der Waals surface area contributed by atoms with Crippen LogP contribution in [0.5, 0.6) is 0 Å². The Morgan fingerprint density at radius 2 is 1.94 bits per heavy atom. The molecule has 0 N–H and O–H groups in total. The molecule has 0 atom stereocenters. The van der Waals surface area contributed by atoms with Crippen molar-refractivity contribution in [3.63, 3.8) is 0 Å². The molecule has 0 aromatic heterocycles. The van der Waals surface area contributed by atoms with Crippen LogP contribution in [0.3, 0.4) is 0 Å². The Bertz CT molecular complexity index is 488. The van der Waals surface area contributed by atoms with Crippen molar-refractivity contribution >= 4 is 34.6 Å². The van der Waals surface area contributed by atoms with Gasteiger partial charge >= 0.3 is 5.97 Å². The highest BCUT2D eigenvalue weighted by Gasteiger charge is 2.16. The van der Waals surface area contributed by atoms with E-state index in [0.29, 0.717) is 5.56 Å². The number of hydrogen-bond acceptors (Lipinski definition) is 4. The predicted octanol–water partition coefficient (Wildman–Crippen LogP) is 3.21. The molecule has 0 fully saturated rings. The Labute approximate surface area is 115 Å². The molecule has 98 valence electrons. The topological polar surface area (TPSA) is 46.6 Å². The van der Waals surface area contributed by atoms with E-state index in [9.17, 15) is 9.59 Å². The van der Waals surface area contributed by atoms with Gasteiger partial charge in [0.2, 0.25) is 0 Å². The molecular formula is C12H14ClNO3S. The highest BCUT2D eigenvalue weighted by molar-refractivity contribution is 8.13. The molecule has 0 aliphatic carbocycles. The fourth-order valence-electron chi connectivity index (χ4n) is 1.22. The number of methoxy groups -OCH3 is 1. The predicted molar refractivity (Wildman–Crippen MR) is 72.5 cm³/mol. The van der Waals surface area contributed by atoms with E-state index in [1.165, 1.54) is 12.0 Å². The van der Waals surface area contributed by atoms with E-state index in [4.69, 9.17) is 11.6 Å². The number of hydrogen-bond donors (Lipinski definition) is 0. The fourth-order valence-corrected chi connectivity index (χ4v) is 2.30. The number of nitrogens with zero attached hydrogens (tertiary/aromatic N) is 1. The molecule has 6 heteroatoms. The average Bonchev–Trinajstić information content (AvgIpc) is 2.32. The number of carbonyl (C=O) groups excluding carboxylic acids is 2. The van der Waals surface area contributed by atoms with Crippen LogP contribution in [0, 0.1) is 6.92 Å². The number of thioether (sulfide) groups is 1. The molecule has 0 heterocycles. The molecule has 4 nitrogen and oxygen atoms in total. The van der Waals surface area contributed by atoms with Crippen LogP contribution in [0.4, 0.5) is 4.79 Å². The highest BCUT2D eigenvalue weighted by Crippen LogP contribution is 2.30. The van der Waals surface area contributed by atoms with Crippen LogP contribution < -0.4 is 0 Å². The Morgan fingerprint density at radius 1 is 1.33 bits per heavy atom. The molecule has 0 radical (unpaired) electrons. The van der Waals surface area contributed by atoms with Gasteiger partial charge in [-0.3, -0.25) is 4.79 Å². The van der Waals surface area contributed by atoms with E-state index < -0.39 is 5.97 Å². The number of esters is 1. The largest absolute Gasteiger partial charge is 0.465 e. The molecule has 0 saturated heterocycles. The van der Waals surface area contributed by atoms with Gasteiger partial charge < -0.3 is 9.64 Å². The van der Waals surface area contributed by atoms with E-state index in [2.05, 4.69) is 4.74 Å². The third-order valence-corrected chi connectivity index (χ3v) is 3.74. The maximum absolute atomic E-state index is 11.6. The van der Waals surface area contributed by atoms with Crippen molar-refractivity contribution in [3.8, 4) is 0 Å². The minimum atomic E-state index is -0.487. The van der Waals surface area contributed by atoms with Crippen molar-refractivity contribution in [1.82, 2.24) is 4.90 Å². The first-order chi connectivity index (χ1) is 8.36. The van der Waals surface area contributed by atoms with Gasteiger partial charge in [-0.25, -0.2) is 4.79 Å². The summed E-state index contributed by atoms with van der Waals surface area (Å²) >= 11 is 7.07. The van der Waals surface area contributed by atoms with E-state index in [1.54, 1.807) is 26.2 Å². The van der Waals surface area contributed by atoms with E-state index in [-0.39, 0.29) is 10.3 Å². The second kappa shape index (κ2) is 6.11. The summed E-state index contributed by atoms with van der Waals surface area (Å²) in [4.78, 5) is 25.3. The Hall–Kier alpha value is -1.20. The summed E-state index contributed by atoms with van der Waals surface area (Å²) in [7, 11) is 4.65. The van der Waals surface area contributed by atoms with Gasteiger partial charge in [-0.15, -0.1) is 0 Å². The van der Waals surface area contributed by atoms with Gasteiger partial charge in [-0.1, -0.05) is 11.6 Å². The van der Waals surface area contributed by atoms with Gasteiger partial charge in [0.1, 0.15) is 0 Å². The van der Waals surface area contributed by atoms with E-state index in [1.807, 2.05) is 6.92 Å². The van der Waals surface area contributed by atoms with Crippen LogP contribution in [0.2, 0.25) is 5.02 Å². The zero-order chi connectivity index (χ0) is 13.9. The summed E-state index contributed by atoms with van der Waals surface area (Å²) < 4.78 is 4.63. The third kappa shape index (κ3) is 3.40. The van der Waals surface area contributed by atoms with Crippen LogP contribution in [-0.2, 0) is 4.74 Å². The number of amides is 1. The second-order valence-electron chi connectivity index (χ2n) is 3.85. The lowest BCUT2D eigenvalue weighted by Crippen LogP contribution is -2.16. The normalized spacial score (nSPS) is 10.1. The molecule has 18 heavy (non-hydrogen) atoms. The third-order valence-electron chi connectivity index (χ3n) is 2.23. The van der Waals surface area contributed by atoms with Crippen molar-refractivity contribution in [1.29, 1.82) is 0 Å². The smallest absolute Gasteiger partial charge is 0.339 e. The monoisotopic (exact) mass is 287 g/mol. The number of aryl methyl sites for hydroxylation is 1. The number of ether oxygens (including phenoxy) is 1. The second-order valence-corrected chi connectivity index (χ2v) is 5.25. The van der Waals surface area contributed by atoms with Gasteiger partial charge in [-0.05, 0) is 36.4 Å². The summed E-state index contributed by atoms with van der Waals surface area (Å²) in [5, 5.41) is 0.182.